The van der Waals surface area contributed by atoms with Crippen LogP contribution in [-0.2, 0) is 6.54 Å². The molecule has 1 aromatic heterocycles. The SMILES string of the molecule is CC(NCc1ccno1)c1ccc(Cl)c(Cl)c1Cl. The zero-order chi connectivity index (χ0) is 13.1. The molecule has 1 aromatic carbocycles. The van der Waals surface area contributed by atoms with Crippen LogP contribution in [0.1, 0.15) is 24.3 Å². The average molecular weight is 306 g/mol. The van der Waals surface area contributed by atoms with Gasteiger partial charge in [-0.3, -0.25) is 0 Å². The minimum absolute atomic E-state index is 0.0253. The molecule has 6 heteroatoms. The van der Waals surface area contributed by atoms with Crippen LogP contribution in [0.2, 0.25) is 15.1 Å². The lowest BCUT2D eigenvalue weighted by molar-refractivity contribution is 0.366. The molecule has 0 aliphatic heterocycles. The Morgan fingerprint density at radius 3 is 2.67 bits per heavy atom. The Morgan fingerprint density at radius 1 is 1.22 bits per heavy atom. The molecule has 0 saturated carbocycles. The van der Waals surface area contributed by atoms with Crippen LogP contribution in [-0.4, -0.2) is 5.16 Å². The van der Waals surface area contributed by atoms with Gasteiger partial charge in [0, 0.05) is 12.1 Å². The monoisotopic (exact) mass is 304 g/mol. The molecule has 1 heterocycles. The molecular weight excluding hydrogens is 295 g/mol. The van der Waals surface area contributed by atoms with Crippen molar-refractivity contribution < 1.29 is 4.52 Å². The van der Waals surface area contributed by atoms with E-state index in [0.717, 1.165) is 11.3 Å². The van der Waals surface area contributed by atoms with E-state index in [1.165, 1.54) is 0 Å². The maximum Gasteiger partial charge on any atom is 0.150 e. The van der Waals surface area contributed by atoms with Crippen LogP contribution in [0, 0.1) is 0 Å². The molecule has 0 radical (unpaired) electrons. The number of hydrogen-bond donors (Lipinski definition) is 1. The van der Waals surface area contributed by atoms with Crippen LogP contribution in [0.25, 0.3) is 0 Å². The molecule has 2 aromatic rings. The van der Waals surface area contributed by atoms with E-state index in [2.05, 4.69) is 10.5 Å². The second-order valence-electron chi connectivity index (χ2n) is 3.85. The smallest absolute Gasteiger partial charge is 0.150 e. The van der Waals surface area contributed by atoms with E-state index in [1.54, 1.807) is 18.3 Å². The van der Waals surface area contributed by atoms with E-state index in [1.807, 2.05) is 13.0 Å². The lowest BCUT2D eigenvalue weighted by Crippen LogP contribution is -2.18. The summed E-state index contributed by atoms with van der Waals surface area (Å²) in [6.07, 6.45) is 1.60. The number of nitrogens with zero attached hydrogens (tertiary/aromatic N) is 1. The number of benzene rings is 1. The molecule has 0 aliphatic rings. The molecule has 0 spiro atoms. The molecule has 1 atom stereocenters. The van der Waals surface area contributed by atoms with E-state index in [9.17, 15) is 0 Å². The van der Waals surface area contributed by atoms with Crippen molar-refractivity contribution in [2.24, 2.45) is 0 Å². The number of rotatable bonds is 4. The third-order valence-electron chi connectivity index (χ3n) is 2.61. The maximum absolute atomic E-state index is 6.16. The van der Waals surface area contributed by atoms with Gasteiger partial charge in [0.2, 0.25) is 0 Å². The summed E-state index contributed by atoms with van der Waals surface area (Å²) in [5, 5.41) is 8.21. The minimum Gasteiger partial charge on any atom is -0.360 e. The predicted octanol–water partition coefficient (Wildman–Crippen LogP) is 4.49. The summed E-state index contributed by atoms with van der Waals surface area (Å²) in [4.78, 5) is 0. The zero-order valence-corrected chi connectivity index (χ0v) is 11.9. The van der Waals surface area contributed by atoms with Gasteiger partial charge >= 0.3 is 0 Å². The van der Waals surface area contributed by atoms with Gasteiger partial charge in [-0.2, -0.15) is 0 Å². The van der Waals surface area contributed by atoms with Gasteiger partial charge < -0.3 is 9.84 Å². The number of halogens is 3. The summed E-state index contributed by atoms with van der Waals surface area (Å²) < 4.78 is 5.00. The molecule has 18 heavy (non-hydrogen) atoms. The van der Waals surface area contributed by atoms with Gasteiger partial charge in [0.1, 0.15) is 5.76 Å². The zero-order valence-electron chi connectivity index (χ0n) is 9.58. The third-order valence-corrected chi connectivity index (χ3v) is 3.91. The highest BCUT2D eigenvalue weighted by Gasteiger charge is 2.14. The van der Waals surface area contributed by atoms with Crippen LogP contribution in [0.5, 0.6) is 0 Å². The lowest BCUT2D eigenvalue weighted by atomic mass is 10.1. The van der Waals surface area contributed by atoms with Crippen LogP contribution < -0.4 is 5.32 Å². The van der Waals surface area contributed by atoms with Crippen molar-refractivity contribution >= 4 is 34.8 Å². The van der Waals surface area contributed by atoms with Gasteiger partial charge in [0.05, 0.1) is 27.8 Å². The molecule has 0 saturated heterocycles. The number of hydrogen-bond acceptors (Lipinski definition) is 3. The summed E-state index contributed by atoms with van der Waals surface area (Å²) in [5.74, 6) is 0.762. The van der Waals surface area contributed by atoms with Gasteiger partial charge in [0.15, 0.2) is 0 Å². The molecule has 0 amide bonds. The summed E-state index contributed by atoms with van der Waals surface area (Å²) in [6, 6.07) is 5.42. The maximum atomic E-state index is 6.16. The summed E-state index contributed by atoms with van der Waals surface area (Å²) in [5.41, 5.74) is 0.894. The Hall–Kier alpha value is -0.740. The topological polar surface area (TPSA) is 38.1 Å². The summed E-state index contributed by atoms with van der Waals surface area (Å²) >= 11 is 18.1. The Morgan fingerprint density at radius 2 is 2.00 bits per heavy atom. The first-order chi connectivity index (χ1) is 8.59. The second kappa shape index (κ2) is 5.93. The second-order valence-corrected chi connectivity index (χ2v) is 5.01. The van der Waals surface area contributed by atoms with Crippen molar-refractivity contribution in [2.45, 2.75) is 19.5 Å². The van der Waals surface area contributed by atoms with Gasteiger partial charge in [-0.15, -0.1) is 0 Å². The molecular formula is C12H11Cl3N2O. The first-order valence-corrected chi connectivity index (χ1v) is 6.49. The van der Waals surface area contributed by atoms with Gasteiger partial charge in [0.25, 0.3) is 0 Å². The molecule has 96 valence electrons. The first kappa shape index (κ1) is 13.7. The highest BCUT2D eigenvalue weighted by Crippen LogP contribution is 2.35. The molecule has 0 fully saturated rings. The van der Waals surface area contributed by atoms with Crippen molar-refractivity contribution in [3.8, 4) is 0 Å². The molecule has 3 nitrogen and oxygen atoms in total. The molecule has 1 N–H and O–H groups in total. The van der Waals surface area contributed by atoms with Crippen molar-refractivity contribution in [1.29, 1.82) is 0 Å². The first-order valence-electron chi connectivity index (χ1n) is 5.36. The molecule has 2 rings (SSSR count). The Balaban J connectivity index is 2.09. The van der Waals surface area contributed by atoms with Crippen LogP contribution in [0.15, 0.2) is 28.9 Å². The fourth-order valence-electron chi connectivity index (χ4n) is 1.57. The molecule has 0 aliphatic carbocycles. The van der Waals surface area contributed by atoms with Crippen LogP contribution >= 0.6 is 34.8 Å². The molecule has 1 unspecified atom stereocenters. The third kappa shape index (κ3) is 2.98. The van der Waals surface area contributed by atoms with Crippen molar-refractivity contribution in [3.63, 3.8) is 0 Å². The Kier molecular flexibility index (Phi) is 4.51. The Labute approximate surface area is 120 Å². The van der Waals surface area contributed by atoms with Crippen molar-refractivity contribution in [2.75, 3.05) is 0 Å². The van der Waals surface area contributed by atoms with Gasteiger partial charge in [-0.05, 0) is 18.6 Å². The fourth-order valence-corrected chi connectivity index (χ4v) is 2.28. The van der Waals surface area contributed by atoms with E-state index in [-0.39, 0.29) is 6.04 Å². The number of nitrogens with one attached hydrogen (secondary N) is 1. The van der Waals surface area contributed by atoms with E-state index in [4.69, 9.17) is 39.3 Å². The highest BCUT2D eigenvalue weighted by molar-refractivity contribution is 6.48. The van der Waals surface area contributed by atoms with Crippen LogP contribution in [0.3, 0.4) is 0 Å². The van der Waals surface area contributed by atoms with E-state index in [0.29, 0.717) is 21.6 Å². The van der Waals surface area contributed by atoms with Gasteiger partial charge in [-0.1, -0.05) is 46.0 Å². The summed E-state index contributed by atoms with van der Waals surface area (Å²) in [7, 11) is 0. The normalized spacial score (nSPS) is 12.7. The molecule has 0 bridgehead atoms. The number of aromatic nitrogens is 1. The average Bonchev–Trinajstić information content (AvgIpc) is 2.86. The van der Waals surface area contributed by atoms with Crippen molar-refractivity contribution in [3.05, 3.63) is 50.8 Å². The summed E-state index contributed by atoms with van der Waals surface area (Å²) in [6.45, 7) is 2.56. The predicted molar refractivity (Wildman–Crippen MR) is 73.2 cm³/mol. The van der Waals surface area contributed by atoms with E-state index < -0.39 is 0 Å². The van der Waals surface area contributed by atoms with Crippen LogP contribution in [0.4, 0.5) is 0 Å². The van der Waals surface area contributed by atoms with Gasteiger partial charge in [-0.25, -0.2) is 0 Å². The standard InChI is InChI=1S/C12H11Cl3N2O/c1-7(16-6-8-4-5-17-18-8)9-2-3-10(13)12(15)11(9)14/h2-5,7,16H,6H2,1H3. The fraction of sp³-hybridized carbons (Fsp3) is 0.250. The largest absolute Gasteiger partial charge is 0.360 e. The van der Waals surface area contributed by atoms with E-state index >= 15 is 0 Å². The lowest BCUT2D eigenvalue weighted by Gasteiger charge is -2.16. The quantitative estimate of drug-likeness (QED) is 0.846. The highest BCUT2D eigenvalue weighted by atomic mass is 35.5. The van der Waals surface area contributed by atoms with Crippen molar-refractivity contribution in [1.82, 2.24) is 10.5 Å². The minimum atomic E-state index is 0.0253. The Bertz CT molecular complexity index is 528.